The minimum atomic E-state index is -2.38. The van der Waals surface area contributed by atoms with Gasteiger partial charge in [0.1, 0.15) is 11.5 Å². The summed E-state index contributed by atoms with van der Waals surface area (Å²) in [5, 5.41) is 25.7. The van der Waals surface area contributed by atoms with Crippen molar-refractivity contribution in [1.82, 2.24) is 0 Å². The molecule has 1 aliphatic rings. The van der Waals surface area contributed by atoms with Crippen LogP contribution in [0.3, 0.4) is 0 Å². The van der Waals surface area contributed by atoms with Gasteiger partial charge in [-0.25, -0.2) is 0 Å². The fourth-order valence-corrected chi connectivity index (χ4v) is 4.00. The number of nitro benzene ring substituents is 1. The zero-order chi connectivity index (χ0) is 23.8. The van der Waals surface area contributed by atoms with E-state index in [4.69, 9.17) is 9.47 Å². The number of benzene rings is 3. The molecule has 9 nitrogen and oxygen atoms in total. The van der Waals surface area contributed by atoms with Crippen LogP contribution in [0.25, 0.3) is 0 Å². The summed E-state index contributed by atoms with van der Waals surface area (Å²) in [4.78, 5) is 37.5. The molecule has 3 aromatic carbocycles. The van der Waals surface area contributed by atoms with E-state index in [1.165, 1.54) is 38.5 Å². The zero-order valence-electron chi connectivity index (χ0n) is 17.8. The van der Waals surface area contributed by atoms with E-state index in [1.807, 2.05) is 0 Å². The first kappa shape index (κ1) is 22.0. The lowest BCUT2D eigenvalue weighted by atomic mass is 9.74. The monoisotopic (exact) mass is 448 g/mol. The van der Waals surface area contributed by atoms with Gasteiger partial charge < -0.3 is 19.9 Å². The highest BCUT2D eigenvalue weighted by atomic mass is 16.6. The van der Waals surface area contributed by atoms with Crippen LogP contribution in [0.15, 0.2) is 66.7 Å². The van der Waals surface area contributed by atoms with E-state index < -0.39 is 28.1 Å². The number of anilines is 1. The van der Waals surface area contributed by atoms with Crippen molar-refractivity contribution in [1.29, 1.82) is 0 Å². The van der Waals surface area contributed by atoms with Crippen molar-refractivity contribution in [2.75, 3.05) is 19.5 Å². The summed E-state index contributed by atoms with van der Waals surface area (Å²) in [7, 11) is 2.98. The summed E-state index contributed by atoms with van der Waals surface area (Å²) in [6, 6.07) is 16.3. The smallest absolute Gasteiger partial charge is 0.269 e. The lowest BCUT2D eigenvalue weighted by Crippen LogP contribution is -2.44. The maximum atomic E-state index is 13.7. The number of rotatable bonds is 7. The average molecular weight is 448 g/mol. The molecule has 0 radical (unpaired) electrons. The van der Waals surface area contributed by atoms with Crippen molar-refractivity contribution in [3.63, 3.8) is 0 Å². The second kappa shape index (κ2) is 8.36. The van der Waals surface area contributed by atoms with Gasteiger partial charge >= 0.3 is 0 Å². The van der Waals surface area contributed by atoms with Gasteiger partial charge in [0.25, 0.3) is 11.6 Å². The van der Waals surface area contributed by atoms with Gasteiger partial charge in [0.2, 0.25) is 0 Å². The van der Waals surface area contributed by atoms with Crippen molar-refractivity contribution in [3.8, 4) is 11.5 Å². The Hall–Kier alpha value is -4.24. The number of carbonyl (C=O) groups is 2. The molecular weight excluding hydrogens is 428 g/mol. The van der Waals surface area contributed by atoms with Crippen LogP contribution in [0.4, 0.5) is 11.4 Å². The predicted octanol–water partition coefficient (Wildman–Crippen LogP) is 3.42. The molecule has 33 heavy (non-hydrogen) atoms. The Bertz CT molecular complexity index is 1240. The standard InChI is InChI=1S/C24H20N2O7/c1-32-17-8-3-14(4-9-17)21(22(27)15-5-10-18(33-2)11-6-15)24(29)19-13-16(26(30)31)7-12-20(19)25-23(24)28/h3-13,21,29H,1-2H3,(H,25,28)/t21-,24+/m0/s1. The second-order valence-corrected chi connectivity index (χ2v) is 7.51. The first-order valence-corrected chi connectivity index (χ1v) is 9.94. The number of nitrogens with one attached hydrogen (secondary N) is 1. The van der Waals surface area contributed by atoms with E-state index in [9.17, 15) is 24.8 Å². The minimum absolute atomic E-state index is 0.0376. The third-order valence-corrected chi connectivity index (χ3v) is 5.72. The van der Waals surface area contributed by atoms with Gasteiger partial charge in [-0.15, -0.1) is 0 Å². The van der Waals surface area contributed by atoms with Crippen molar-refractivity contribution < 1.29 is 29.1 Å². The van der Waals surface area contributed by atoms with Crippen molar-refractivity contribution in [2.45, 2.75) is 11.5 Å². The van der Waals surface area contributed by atoms with E-state index in [2.05, 4.69) is 5.32 Å². The normalized spacial score (nSPS) is 17.6. The summed E-state index contributed by atoms with van der Waals surface area (Å²) in [6.45, 7) is 0. The van der Waals surface area contributed by atoms with Crippen molar-refractivity contribution in [2.24, 2.45) is 0 Å². The molecule has 1 aliphatic heterocycles. The number of non-ortho nitro benzene ring substituents is 1. The molecule has 0 spiro atoms. The molecule has 9 heteroatoms. The van der Waals surface area contributed by atoms with Gasteiger partial charge in [0, 0.05) is 28.9 Å². The number of Topliss-reactive ketones (excluding diaryl/α,β-unsaturated/α-hetero) is 1. The molecular formula is C24H20N2O7. The van der Waals surface area contributed by atoms with Crippen LogP contribution in [0.2, 0.25) is 0 Å². The molecule has 2 N–H and O–H groups in total. The fraction of sp³-hybridized carbons (Fsp3) is 0.167. The third-order valence-electron chi connectivity index (χ3n) is 5.72. The number of hydrogen-bond acceptors (Lipinski definition) is 7. The van der Waals surface area contributed by atoms with Crippen LogP contribution in [0.1, 0.15) is 27.4 Å². The predicted molar refractivity (Wildman–Crippen MR) is 119 cm³/mol. The highest BCUT2D eigenvalue weighted by Crippen LogP contribution is 2.48. The lowest BCUT2D eigenvalue weighted by molar-refractivity contribution is -0.385. The van der Waals surface area contributed by atoms with E-state index in [-0.39, 0.29) is 22.5 Å². The third kappa shape index (κ3) is 3.68. The van der Waals surface area contributed by atoms with Gasteiger partial charge in [0.15, 0.2) is 11.4 Å². The lowest BCUT2D eigenvalue weighted by Gasteiger charge is -2.30. The number of aliphatic hydroxyl groups is 1. The summed E-state index contributed by atoms with van der Waals surface area (Å²) >= 11 is 0. The Balaban J connectivity index is 1.90. The summed E-state index contributed by atoms with van der Waals surface area (Å²) in [6.07, 6.45) is 0. The highest BCUT2D eigenvalue weighted by Gasteiger charge is 2.55. The molecule has 1 heterocycles. The Morgan fingerprint density at radius 2 is 1.58 bits per heavy atom. The minimum Gasteiger partial charge on any atom is -0.497 e. The van der Waals surface area contributed by atoms with Gasteiger partial charge in [0.05, 0.1) is 25.1 Å². The van der Waals surface area contributed by atoms with Crippen molar-refractivity contribution in [3.05, 3.63) is 93.5 Å². The summed E-state index contributed by atoms with van der Waals surface area (Å²) in [5.74, 6) is -1.72. The first-order chi connectivity index (χ1) is 15.8. The molecule has 0 aromatic heterocycles. The number of ether oxygens (including phenoxy) is 2. The number of carbonyl (C=O) groups excluding carboxylic acids is 2. The summed E-state index contributed by atoms with van der Waals surface area (Å²) < 4.78 is 10.3. The second-order valence-electron chi connectivity index (χ2n) is 7.51. The Morgan fingerprint density at radius 3 is 2.12 bits per heavy atom. The largest absolute Gasteiger partial charge is 0.497 e. The number of nitrogens with zero attached hydrogens (tertiary/aromatic N) is 1. The van der Waals surface area contributed by atoms with E-state index in [0.29, 0.717) is 17.1 Å². The SMILES string of the molecule is COc1ccc(C(=O)[C@H](c2ccc(OC)cc2)[C@@]2(O)C(=O)Nc3ccc([N+](=O)[O-])cc32)cc1. The molecule has 3 aromatic rings. The molecule has 0 saturated carbocycles. The molecule has 0 fully saturated rings. The van der Waals surface area contributed by atoms with Crippen LogP contribution in [0.5, 0.6) is 11.5 Å². The van der Waals surface area contributed by atoms with Crippen LogP contribution in [0, 0.1) is 10.1 Å². The number of hydrogen-bond donors (Lipinski definition) is 2. The van der Waals surface area contributed by atoms with Gasteiger partial charge in [-0.1, -0.05) is 12.1 Å². The van der Waals surface area contributed by atoms with Crippen LogP contribution >= 0.6 is 0 Å². The number of amides is 1. The molecule has 168 valence electrons. The first-order valence-electron chi connectivity index (χ1n) is 9.94. The molecule has 1 amide bonds. The zero-order valence-corrected chi connectivity index (χ0v) is 17.8. The molecule has 4 rings (SSSR count). The molecule has 0 aliphatic carbocycles. The molecule has 0 bridgehead atoms. The maximum Gasteiger partial charge on any atom is 0.269 e. The number of nitro groups is 1. The Kier molecular flexibility index (Phi) is 5.57. The van der Waals surface area contributed by atoms with Crippen molar-refractivity contribution >= 4 is 23.1 Å². The topological polar surface area (TPSA) is 128 Å². The summed E-state index contributed by atoms with van der Waals surface area (Å²) in [5.41, 5.74) is -1.95. The van der Waals surface area contributed by atoms with Gasteiger partial charge in [-0.3, -0.25) is 19.7 Å². The van der Waals surface area contributed by atoms with Crippen LogP contribution in [-0.4, -0.2) is 35.9 Å². The number of methoxy groups -OCH3 is 2. The van der Waals surface area contributed by atoms with Crippen LogP contribution < -0.4 is 14.8 Å². The van der Waals surface area contributed by atoms with E-state index in [0.717, 1.165) is 6.07 Å². The number of ketones is 1. The quantitative estimate of drug-likeness (QED) is 0.322. The maximum absolute atomic E-state index is 13.7. The molecule has 0 unspecified atom stereocenters. The average Bonchev–Trinajstić information content (AvgIpc) is 3.09. The van der Waals surface area contributed by atoms with Crippen LogP contribution in [-0.2, 0) is 10.4 Å². The Morgan fingerprint density at radius 1 is 1.00 bits per heavy atom. The Labute approximate surface area is 188 Å². The highest BCUT2D eigenvalue weighted by molar-refractivity contribution is 6.12. The number of fused-ring (bicyclic) bond motifs is 1. The van der Waals surface area contributed by atoms with E-state index >= 15 is 0 Å². The fourth-order valence-electron chi connectivity index (χ4n) is 4.00. The van der Waals surface area contributed by atoms with E-state index in [1.54, 1.807) is 36.4 Å². The molecule has 0 saturated heterocycles. The molecule has 2 atom stereocenters. The van der Waals surface area contributed by atoms with Gasteiger partial charge in [-0.2, -0.15) is 0 Å². The van der Waals surface area contributed by atoms with Gasteiger partial charge in [-0.05, 0) is 48.0 Å².